The molecule has 0 aliphatic rings. The van der Waals surface area contributed by atoms with Gasteiger partial charge in [-0.2, -0.15) is 18.7 Å². The molecule has 0 bridgehead atoms. The molecule has 2 N–H and O–H groups in total. The van der Waals surface area contributed by atoms with Crippen LogP contribution in [0.4, 0.5) is 13.2 Å². The first-order valence-corrected chi connectivity index (χ1v) is 12.1. The van der Waals surface area contributed by atoms with E-state index in [0.717, 1.165) is 22.2 Å². The second-order valence-corrected chi connectivity index (χ2v) is 8.81. The van der Waals surface area contributed by atoms with Crippen molar-refractivity contribution in [3.63, 3.8) is 0 Å². The standard InChI is InChI=1S/C29H24F3N3O5/c1-18-15-21(23-9-5-6-10-24(23)33-18)17-39-22-13-11-20(12-14-22)27(37)34-25(19-7-3-2-4-8-19)16-26(36)35-40-28(38)29(30,31)32/h2-15,25H,16-17H2,1H3,(H,34,37)(H,35,36). The number of hydrogen-bond acceptors (Lipinski definition) is 6. The number of pyridine rings is 1. The Morgan fingerprint density at radius 3 is 2.30 bits per heavy atom. The Hall–Kier alpha value is -4.93. The van der Waals surface area contributed by atoms with Crippen LogP contribution in [-0.4, -0.2) is 28.9 Å². The Kier molecular flexibility index (Phi) is 8.63. The number of amides is 2. The third-order valence-corrected chi connectivity index (χ3v) is 5.83. The van der Waals surface area contributed by atoms with E-state index in [9.17, 15) is 27.6 Å². The summed E-state index contributed by atoms with van der Waals surface area (Å²) in [5.74, 6) is -3.60. The van der Waals surface area contributed by atoms with Crippen LogP contribution in [0.15, 0.2) is 84.9 Å². The molecule has 1 atom stereocenters. The number of fused-ring (bicyclic) bond motifs is 1. The number of nitrogens with one attached hydrogen (secondary N) is 2. The van der Waals surface area contributed by atoms with Crippen LogP contribution in [0.25, 0.3) is 10.9 Å². The van der Waals surface area contributed by atoms with Gasteiger partial charge < -0.3 is 14.9 Å². The number of hydrogen-bond donors (Lipinski definition) is 2. The monoisotopic (exact) mass is 551 g/mol. The van der Waals surface area contributed by atoms with Gasteiger partial charge in [0.15, 0.2) is 0 Å². The molecule has 11 heteroatoms. The molecule has 0 radical (unpaired) electrons. The highest BCUT2D eigenvalue weighted by Crippen LogP contribution is 2.22. The van der Waals surface area contributed by atoms with Gasteiger partial charge in [0.25, 0.3) is 11.8 Å². The number of carbonyl (C=O) groups excluding carboxylic acids is 3. The van der Waals surface area contributed by atoms with E-state index in [-0.39, 0.29) is 5.56 Å². The van der Waals surface area contributed by atoms with E-state index in [4.69, 9.17) is 4.74 Å². The molecule has 4 aromatic rings. The summed E-state index contributed by atoms with van der Waals surface area (Å²) in [6, 6.07) is 23.5. The van der Waals surface area contributed by atoms with Gasteiger partial charge in [-0.15, -0.1) is 0 Å². The van der Waals surface area contributed by atoms with Gasteiger partial charge in [0.1, 0.15) is 12.4 Å². The number of alkyl halides is 3. The lowest BCUT2D eigenvalue weighted by atomic mass is 10.0. The van der Waals surface area contributed by atoms with E-state index in [2.05, 4.69) is 15.1 Å². The minimum absolute atomic E-state index is 0.266. The fourth-order valence-corrected chi connectivity index (χ4v) is 3.95. The molecule has 0 aliphatic carbocycles. The Balaban J connectivity index is 1.40. The number of para-hydroxylation sites is 1. The van der Waals surface area contributed by atoms with Crippen molar-refractivity contribution in [3.05, 3.63) is 107 Å². The zero-order chi connectivity index (χ0) is 28.7. The van der Waals surface area contributed by atoms with Gasteiger partial charge in [0, 0.05) is 22.2 Å². The smallest absolute Gasteiger partial charge is 0.489 e. The molecule has 0 saturated heterocycles. The first kappa shape index (κ1) is 28.1. The number of halogens is 3. The molecule has 0 aliphatic heterocycles. The molecule has 2 amide bonds. The summed E-state index contributed by atoms with van der Waals surface area (Å²) in [5, 5.41) is 3.67. The van der Waals surface area contributed by atoms with Crippen molar-refractivity contribution in [2.75, 3.05) is 0 Å². The van der Waals surface area contributed by atoms with Gasteiger partial charge >= 0.3 is 12.1 Å². The molecule has 4 rings (SSSR count). The van der Waals surface area contributed by atoms with E-state index < -0.39 is 36.4 Å². The Morgan fingerprint density at radius 1 is 0.925 bits per heavy atom. The molecule has 1 unspecified atom stereocenters. The molecule has 8 nitrogen and oxygen atoms in total. The zero-order valence-electron chi connectivity index (χ0n) is 21.2. The summed E-state index contributed by atoms with van der Waals surface area (Å²) in [4.78, 5) is 44.3. The summed E-state index contributed by atoms with van der Waals surface area (Å²) in [7, 11) is 0. The zero-order valence-corrected chi connectivity index (χ0v) is 21.2. The van der Waals surface area contributed by atoms with Gasteiger partial charge in [-0.25, -0.2) is 4.79 Å². The summed E-state index contributed by atoms with van der Waals surface area (Å²) in [5.41, 5.74) is 4.96. The van der Waals surface area contributed by atoms with Crippen LogP contribution >= 0.6 is 0 Å². The predicted octanol–water partition coefficient (Wildman–Crippen LogP) is 5.12. The minimum atomic E-state index is -5.26. The van der Waals surface area contributed by atoms with E-state index in [0.29, 0.717) is 17.9 Å². The highest BCUT2D eigenvalue weighted by atomic mass is 19.4. The van der Waals surface area contributed by atoms with Crippen LogP contribution < -0.4 is 15.5 Å². The molecule has 206 valence electrons. The first-order valence-electron chi connectivity index (χ1n) is 12.1. The van der Waals surface area contributed by atoms with Gasteiger partial charge in [0.2, 0.25) is 0 Å². The van der Waals surface area contributed by atoms with E-state index in [1.54, 1.807) is 54.6 Å². The number of nitrogens with zero attached hydrogens (tertiary/aromatic N) is 1. The van der Waals surface area contributed by atoms with Gasteiger partial charge in [0.05, 0.1) is 18.0 Å². The number of ether oxygens (including phenoxy) is 1. The summed E-state index contributed by atoms with van der Waals surface area (Å²) in [6.07, 6.45) is -5.75. The van der Waals surface area contributed by atoms with Crippen molar-refractivity contribution in [1.29, 1.82) is 0 Å². The maximum Gasteiger partial charge on any atom is 0.493 e. The Morgan fingerprint density at radius 2 is 1.60 bits per heavy atom. The van der Waals surface area contributed by atoms with Crippen molar-refractivity contribution < 1.29 is 37.1 Å². The van der Waals surface area contributed by atoms with Gasteiger partial charge in [-0.1, -0.05) is 48.5 Å². The van der Waals surface area contributed by atoms with Crippen LogP contribution in [0.3, 0.4) is 0 Å². The van der Waals surface area contributed by atoms with E-state index in [1.165, 1.54) is 5.48 Å². The van der Waals surface area contributed by atoms with Crippen LogP contribution in [0.5, 0.6) is 5.75 Å². The maximum atomic E-state index is 13.0. The molecule has 0 saturated carbocycles. The number of rotatable bonds is 8. The van der Waals surface area contributed by atoms with Crippen molar-refractivity contribution in [3.8, 4) is 5.75 Å². The van der Waals surface area contributed by atoms with Crippen LogP contribution in [0, 0.1) is 6.92 Å². The lowest BCUT2D eigenvalue weighted by molar-refractivity contribution is -0.207. The lowest BCUT2D eigenvalue weighted by Crippen LogP contribution is -2.37. The van der Waals surface area contributed by atoms with Crippen molar-refractivity contribution in [2.24, 2.45) is 0 Å². The lowest BCUT2D eigenvalue weighted by Gasteiger charge is -2.19. The summed E-state index contributed by atoms with van der Waals surface area (Å²) in [6.45, 7) is 2.20. The first-order chi connectivity index (χ1) is 19.1. The third kappa shape index (κ3) is 7.34. The van der Waals surface area contributed by atoms with Crippen molar-refractivity contribution >= 4 is 28.7 Å². The highest BCUT2D eigenvalue weighted by Gasteiger charge is 2.42. The van der Waals surface area contributed by atoms with Crippen LogP contribution in [0.2, 0.25) is 0 Å². The fraction of sp³-hybridized carbons (Fsp3) is 0.172. The molecular weight excluding hydrogens is 527 g/mol. The summed E-state index contributed by atoms with van der Waals surface area (Å²) < 4.78 is 42.9. The highest BCUT2D eigenvalue weighted by molar-refractivity contribution is 5.95. The van der Waals surface area contributed by atoms with E-state index in [1.807, 2.05) is 37.3 Å². The average molecular weight is 552 g/mol. The van der Waals surface area contributed by atoms with Gasteiger partial charge in [-0.05, 0) is 48.9 Å². The van der Waals surface area contributed by atoms with Crippen molar-refractivity contribution in [2.45, 2.75) is 32.2 Å². The third-order valence-electron chi connectivity index (χ3n) is 5.83. The quantitative estimate of drug-likeness (QED) is 0.295. The molecule has 1 heterocycles. The Labute approximate surface area is 227 Å². The second-order valence-electron chi connectivity index (χ2n) is 8.81. The molecule has 3 aromatic carbocycles. The average Bonchev–Trinajstić information content (AvgIpc) is 2.94. The molecule has 1 aromatic heterocycles. The topological polar surface area (TPSA) is 107 Å². The molecular formula is C29H24F3N3O5. The fourth-order valence-electron chi connectivity index (χ4n) is 3.95. The molecule has 0 spiro atoms. The maximum absolute atomic E-state index is 13.0. The number of hydroxylamine groups is 1. The summed E-state index contributed by atoms with van der Waals surface area (Å²) >= 11 is 0. The number of aromatic nitrogens is 1. The van der Waals surface area contributed by atoms with Crippen LogP contribution in [0.1, 0.15) is 39.6 Å². The van der Waals surface area contributed by atoms with Gasteiger partial charge in [-0.3, -0.25) is 14.6 Å². The number of carbonyl (C=O) groups is 3. The van der Waals surface area contributed by atoms with E-state index >= 15 is 0 Å². The predicted molar refractivity (Wildman–Crippen MR) is 139 cm³/mol. The number of benzene rings is 3. The normalized spacial score (nSPS) is 11.9. The molecule has 0 fully saturated rings. The second kappa shape index (κ2) is 12.3. The van der Waals surface area contributed by atoms with Crippen LogP contribution in [-0.2, 0) is 21.0 Å². The van der Waals surface area contributed by atoms with Crippen molar-refractivity contribution in [1.82, 2.24) is 15.8 Å². The minimum Gasteiger partial charge on any atom is -0.489 e. The molecule has 40 heavy (non-hydrogen) atoms. The largest absolute Gasteiger partial charge is 0.493 e. The Bertz CT molecular complexity index is 1510. The SMILES string of the molecule is Cc1cc(COc2ccc(C(=O)NC(CC(=O)NOC(=O)C(F)(F)F)c3ccccc3)cc2)c2ccccc2n1. The number of aryl methyl sites for hydroxylation is 1.